The van der Waals surface area contributed by atoms with E-state index in [9.17, 15) is 21.6 Å². The molecule has 0 saturated carbocycles. The summed E-state index contributed by atoms with van der Waals surface area (Å²) in [5.74, 6) is 5.15. The van der Waals surface area contributed by atoms with Gasteiger partial charge in [-0.05, 0) is 42.3 Å². The molecule has 8 heteroatoms. The van der Waals surface area contributed by atoms with Crippen molar-refractivity contribution in [2.45, 2.75) is 24.4 Å². The van der Waals surface area contributed by atoms with Crippen LogP contribution in [0.25, 0.3) is 0 Å². The van der Waals surface area contributed by atoms with E-state index in [-0.39, 0.29) is 23.8 Å². The topological polar surface area (TPSA) is 55.4 Å². The molecule has 0 aliphatic rings. The number of hydrogen-bond donors (Lipinski definition) is 1. The van der Waals surface area contributed by atoms with Crippen molar-refractivity contribution in [1.82, 2.24) is 4.72 Å². The summed E-state index contributed by atoms with van der Waals surface area (Å²) in [6, 6.07) is 11.0. The Morgan fingerprint density at radius 1 is 1.07 bits per heavy atom. The summed E-state index contributed by atoms with van der Waals surface area (Å²) in [5, 5.41) is 0. The Balaban J connectivity index is 1.85. The lowest BCUT2D eigenvalue weighted by atomic mass is 10.2. The van der Waals surface area contributed by atoms with E-state index < -0.39 is 21.8 Å². The Labute approximate surface area is 156 Å². The van der Waals surface area contributed by atoms with Crippen LogP contribution in [0.5, 0.6) is 5.75 Å². The van der Waals surface area contributed by atoms with Crippen molar-refractivity contribution in [3.63, 3.8) is 0 Å². The number of aryl methyl sites for hydroxylation is 1. The summed E-state index contributed by atoms with van der Waals surface area (Å²) in [6.45, 7) is 1.68. The summed E-state index contributed by atoms with van der Waals surface area (Å²) in [7, 11) is -3.66. The second-order valence-electron chi connectivity index (χ2n) is 5.49. The molecule has 2 rings (SSSR count). The Hall–Kier alpha value is -2.50. The fourth-order valence-corrected chi connectivity index (χ4v) is 3.04. The molecule has 0 unspecified atom stereocenters. The summed E-state index contributed by atoms with van der Waals surface area (Å²) >= 11 is 0. The van der Waals surface area contributed by atoms with Gasteiger partial charge in [-0.15, -0.1) is 0 Å². The number of nitrogens with one attached hydrogen (secondary N) is 1. The zero-order valence-corrected chi connectivity index (χ0v) is 15.3. The zero-order valence-electron chi connectivity index (χ0n) is 14.5. The number of ether oxygens (including phenoxy) is 1. The van der Waals surface area contributed by atoms with Gasteiger partial charge in [0.15, 0.2) is 0 Å². The van der Waals surface area contributed by atoms with Gasteiger partial charge in [-0.2, -0.15) is 17.9 Å². The Morgan fingerprint density at radius 2 is 1.78 bits per heavy atom. The molecule has 0 bridgehead atoms. The molecule has 2 aromatic carbocycles. The second-order valence-corrected chi connectivity index (χ2v) is 7.26. The highest BCUT2D eigenvalue weighted by molar-refractivity contribution is 7.89. The lowest BCUT2D eigenvalue weighted by Gasteiger charge is -2.08. The molecule has 0 aliphatic heterocycles. The normalized spacial score (nSPS) is 11.6. The van der Waals surface area contributed by atoms with Gasteiger partial charge >= 0.3 is 6.18 Å². The van der Waals surface area contributed by atoms with E-state index in [2.05, 4.69) is 16.6 Å². The van der Waals surface area contributed by atoms with Crippen LogP contribution >= 0.6 is 0 Å². The van der Waals surface area contributed by atoms with E-state index in [1.54, 1.807) is 12.1 Å². The van der Waals surface area contributed by atoms with Crippen molar-refractivity contribution in [3.8, 4) is 17.6 Å². The van der Waals surface area contributed by atoms with Crippen LogP contribution in [-0.4, -0.2) is 21.6 Å². The first-order valence-electron chi connectivity index (χ1n) is 8.07. The van der Waals surface area contributed by atoms with Crippen molar-refractivity contribution in [2.75, 3.05) is 13.2 Å². The number of halogens is 3. The lowest BCUT2D eigenvalue weighted by Crippen LogP contribution is -2.24. The number of hydrogen-bond acceptors (Lipinski definition) is 3. The first kappa shape index (κ1) is 20.8. The highest BCUT2D eigenvalue weighted by Gasteiger charge is 2.30. The van der Waals surface area contributed by atoms with Crippen LogP contribution in [0.1, 0.15) is 18.1 Å². The minimum atomic E-state index is -4.45. The summed E-state index contributed by atoms with van der Waals surface area (Å²) in [5.41, 5.74) is 0.218. The van der Waals surface area contributed by atoms with Crippen molar-refractivity contribution >= 4 is 10.0 Å². The van der Waals surface area contributed by atoms with E-state index in [0.717, 1.165) is 24.1 Å². The molecule has 0 aliphatic carbocycles. The fraction of sp³-hybridized carbons (Fsp3) is 0.263. The van der Waals surface area contributed by atoms with Gasteiger partial charge in [0, 0.05) is 0 Å². The van der Waals surface area contributed by atoms with Gasteiger partial charge in [0.25, 0.3) is 0 Å². The van der Waals surface area contributed by atoms with Crippen LogP contribution in [0, 0.1) is 11.8 Å². The van der Waals surface area contributed by atoms with Crippen LogP contribution in [0.4, 0.5) is 13.2 Å². The van der Waals surface area contributed by atoms with E-state index in [4.69, 9.17) is 4.74 Å². The number of sulfonamides is 1. The highest BCUT2D eigenvalue weighted by atomic mass is 32.2. The Morgan fingerprint density at radius 3 is 2.41 bits per heavy atom. The molecule has 2 aromatic rings. The van der Waals surface area contributed by atoms with Gasteiger partial charge in [0.05, 0.1) is 17.0 Å². The summed E-state index contributed by atoms with van der Waals surface area (Å²) in [6.07, 6.45) is -3.64. The van der Waals surface area contributed by atoms with E-state index in [1.807, 2.05) is 6.92 Å². The maximum absolute atomic E-state index is 12.6. The molecule has 0 spiro atoms. The molecule has 0 radical (unpaired) electrons. The average molecular weight is 397 g/mol. The third kappa shape index (κ3) is 6.31. The van der Waals surface area contributed by atoms with Gasteiger partial charge in [-0.1, -0.05) is 37.0 Å². The number of benzene rings is 2. The molecule has 27 heavy (non-hydrogen) atoms. The highest BCUT2D eigenvalue weighted by Crippen LogP contribution is 2.31. The molecular formula is C19H18F3NO3S. The van der Waals surface area contributed by atoms with Gasteiger partial charge < -0.3 is 4.74 Å². The number of rotatable bonds is 6. The molecule has 144 valence electrons. The summed E-state index contributed by atoms with van der Waals surface area (Å²) < 4.78 is 69.5. The SMILES string of the molecule is CCc1ccc(S(=O)(=O)NCC#CCOc2cccc(C(F)(F)F)c2)cc1. The van der Waals surface area contributed by atoms with Crippen LogP contribution in [0.3, 0.4) is 0 Å². The van der Waals surface area contributed by atoms with Crippen LogP contribution in [0.15, 0.2) is 53.4 Å². The molecule has 0 amide bonds. The van der Waals surface area contributed by atoms with Crippen LogP contribution < -0.4 is 9.46 Å². The third-order valence-electron chi connectivity index (χ3n) is 3.59. The first-order chi connectivity index (χ1) is 12.7. The predicted octanol–water partition coefficient (Wildman–Crippen LogP) is 3.63. The minimum Gasteiger partial charge on any atom is -0.481 e. The monoisotopic (exact) mass is 397 g/mol. The lowest BCUT2D eigenvalue weighted by molar-refractivity contribution is -0.137. The largest absolute Gasteiger partial charge is 0.481 e. The molecule has 0 saturated heterocycles. The molecule has 0 atom stereocenters. The van der Waals surface area contributed by atoms with E-state index in [1.165, 1.54) is 24.3 Å². The molecule has 0 aromatic heterocycles. The second kappa shape index (κ2) is 8.93. The predicted molar refractivity (Wildman–Crippen MR) is 95.7 cm³/mol. The van der Waals surface area contributed by atoms with Gasteiger partial charge in [-0.3, -0.25) is 0 Å². The van der Waals surface area contributed by atoms with Crippen molar-refractivity contribution in [3.05, 3.63) is 59.7 Å². The maximum atomic E-state index is 12.6. The minimum absolute atomic E-state index is 0.0377. The third-order valence-corrected chi connectivity index (χ3v) is 5.01. The van der Waals surface area contributed by atoms with E-state index in [0.29, 0.717) is 0 Å². The molecule has 4 nitrogen and oxygen atoms in total. The zero-order chi connectivity index (χ0) is 19.9. The quantitative estimate of drug-likeness (QED) is 0.758. The molecule has 1 N–H and O–H groups in total. The van der Waals surface area contributed by atoms with Gasteiger partial charge in [-0.25, -0.2) is 8.42 Å². The Kier molecular flexibility index (Phi) is 6.88. The maximum Gasteiger partial charge on any atom is 0.416 e. The first-order valence-corrected chi connectivity index (χ1v) is 9.55. The average Bonchev–Trinajstić information content (AvgIpc) is 2.64. The van der Waals surface area contributed by atoms with Crippen molar-refractivity contribution in [2.24, 2.45) is 0 Å². The van der Waals surface area contributed by atoms with Crippen LogP contribution in [-0.2, 0) is 22.6 Å². The molecule has 0 fully saturated rings. The number of alkyl halides is 3. The van der Waals surface area contributed by atoms with Crippen molar-refractivity contribution < 1.29 is 26.3 Å². The van der Waals surface area contributed by atoms with Gasteiger partial charge in [0.1, 0.15) is 12.4 Å². The molecule has 0 heterocycles. The fourth-order valence-electron chi connectivity index (χ4n) is 2.11. The smallest absolute Gasteiger partial charge is 0.416 e. The molecular weight excluding hydrogens is 379 g/mol. The van der Waals surface area contributed by atoms with Gasteiger partial charge in [0.2, 0.25) is 10.0 Å². The Bertz CT molecular complexity index is 927. The van der Waals surface area contributed by atoms with E-state index >= 15 is 0 Å². The standard InChI is InChI=1S/C19H18F3NO3S/c1-2-15-8-10-18(11-9-15)27(24,25)23-12-3-4-13-26-17-7-5-6-16(14-17)19(20,21)22/h5-11,14,23H,2,12-13H2,1H3. The van der Waals surface area contributed by atoms with Crippen molar-refractivity contribution in [1.29, 1.82) is 0 Å². The van der Waals surface area contributed by atoms with Crippen LogP contribution in [0.2, 0.25) is 0 Å². The summed E-state index contributed by atoms with van der Waals surface area (Å²) in [4.78, 5) is 0.140.